The molecule has 2 aromatic heterocycles. The zero-order valence-electron chi connectivity index (χ0n) is 18.4. The number of nitrogens with one attached hydrogen (secondary N) is 1. The van der Waals surface area contributed by atoms with Crippen molar-refractivity contribution in [1.82, 2.24) is 25.1 Å². The van der Waals surface area contributed by atoms with Gasteiger partial charge in [0.1, 0.15) is 0 Å². The number of carbonyl (C=O) groups excluding carboxylic acids is 1. The third-order valence-electron chi connectivity index (χ3n) is 5.72. The number of amides is 1. The highest BCUT2D eigenvalue weighted by Gasteiger charge is 2.30. The largest absolute Gasteiger partial charge is 0.349 e. The Morgan fingerprint density at radius 1 is 1.00 bits per heavy atom. The molecular formula is C26H25N5OS. The monoisotopic (exact) mass is 455 g/mol. The highest BCUT2D eigenvalue weighted by atomic mass is 32.2. The number of benzene rings is 2. The van der Waals surface area contributed by atoms with E-state index in [1.165, 1.54) is 17.3 Å². The molecule has 0 saturated heterocycles. The van der Waals surface area contributed by atoms with Gasteiger partial charge in [0.25, 0.3) is 0 Å². The van der Waals surface area contributed by atoms with Crippen LogP contribution in [0.5, 0.6) is 0 Å². The summed E-state index contributed by atoms with van der Waals surface area (Å²) in [6, 6.07) is 22.8. The van der Waals surface area contributed by atoms with E-state index in [1.807, 2.05) is 37.3 Å². The third kappa shape index (κ3) is 4.98. The first-order valence-electron chi connectivity index (χ1n) is 11.1. The molecule has 2 heterocycles. The summed E-state index contributed by atoms with van der Waals surface area (Å²) >= 11 is 1.43. The molecule has 0 spiro atoms. The second-order valence-electron chi connectivity index (χ2n) is 8.21. The van der Waals surface area contributed by atoms with E-state index in [2.05, 4.69) is 61.5 Å². The highest BCUT2D eigenvalue weighted by Crippen LogP contribution is 2.40. The van der Waals surface area contributed by atoms with E-state index in [9.17, 15) is 4.79 Å². The fourth-order valence-electron chi connectivity index (χ4n) is 3.82. The summed E-state index contributed by atoms with van der Waals surface area (Å²) in [5, 5.41) is 12.6. The highest BCUT2D eigenvalue weighted by molar-refractivity contribution is 7.99. The third-order valence-corrected chi connectivity index (χ3v) is 6.67. The average molecular weight is 456 g/mol. The number of carbonyl (C=O) groups is 1. The molecule has 6 nitrogen and oxygen atoms in total. The Kier molecular flexibility index (Phi) is 6.21. The minimum absolute atomic E-state index is 0.0205. The Bertz CT molecular complexity index is 1220. The average Bonchev–Trinajstić information content (AvgIpc) is 3.62. The topological polar surface area (TPSA) is 72.7 Å². The van der Waals surface area contributed by atoms with E-state index < -0.39 is 0 Å². The van der Waals surface area contributed by atoms with E-state index in [0.717, 1.165) is 40.5 Å². The lowest BCUT2D eigenvalue weighted by molar-refractivity contribution is -0.119. The smallest absolute Gasteiger partial charge is 0.230 e. The summed E-state index contributed by atoms with van der Waals surface area (Å²) in [6.07, 6.45) is 5.77. The molecule has 1 fully saturated rings. The molecule has 0 unspecified atom stereocenters. The molecule has 1 amide bonds. The first-order chi connectivity index (χ1) is 16.2. The lowest BCUT2D eigenvalue weighted by Crippen LogP contribution is -2.28. The van der Waals surface area contributed by atoms with Crippen LogP contribution < -0.4 is 5.32 Å². The van der Waals surface area contributed by atoms with Crippen LogP contribution in [0.2, 0.25) is 0 Å². The van der Waals surface area contributed by atoms with Gasteiger partial charge >= 0.3 is 0 Å². The van der Waals surface area contributed by atoms with Gasteiger partial charge in [0.15, 0.2) is 11.0 Å². The van der Waals surface area contributed by atoms with E-state index >= 15 is 0 Å². The van der Waals surface area contributed by atoms with Crippen molar-refractivity contribution in [3.05, 3.63) is 84.7 Å². The SMILES string of the molecule is C[C@@H](NC(=O)CSc1nnc(-c2cccnc2)n1C1CC1)c1ccc(-c2ccccc2)cc1. The quantitative estimate of drug-likeness (QED) is 0.365. The van der Waals surface area contributed by atoms with Gasteiger partial charge in [0.2, 0.25) is 5.91 Å². The Labute approximate surface area is 197 Å². The van der Waals surface area contributed by atoms with Gasteiger partial charge in [-0.25, -0.2) is 0 Å². The summed E-state index contributed by atoms with van der Waals surface area (Å²) in [7, 11) is 0. The molecule has 2 aromatic carbocycles. The number of aromatic nitrogens is 4. The van der Waals surface area contributed by atoms with Crippen LogP contribution >= 0.6 is 11.8 Å². The summed E-state index contributed by atoms with van der Waals surface area (Å²) < 4.78 is 2.15. The van der Waals surface area contributed by atoms with Gasteiger partial charge in [-0.15, -0.1) is 10.2 Å². The predicted octanol–water partition coefficient (Wildman–Crippen LogP) is 5.31. The first-order valence-corrected chi connectivity index (χ1v) is 12.1. The van der Waals surface area contributed by atoms with Crippen molar-refractivity contribution in [2.75, 3.05) is 5.75 Å². The standard InChI is InChI=1S/C26H25N5OS/c1-18(19-9-11-21(12-10-19)20-6-3-2-4-7-20)28-24(32)17-33-26-30-29-25(31(26)23-13-14-23)22-8-5-15-27-16-22/h2-12,15-16,18,23H,13-14,17H2,1H3,(H,28,32)/t18-/m1/s1. The number of hydrogen-bond acceptors (Lipinski definition) is 5. The van der Waals surface area contributed by atoms with Gasteiger partial charge in [0.05, 0.1) is 11.8 Å². The molecule has 0 bridgehead atoms. The van der Waals surface area contributed by atoms with E-state index in [1.54, 1.807) is 12.4 Å². The van der Waals surface area contributed by atoms with Crippen molar-refractivity contribution in [3.63, 3.8) is 0 Å². The van der Waals surface area contributed by atoms with Gasteiger partial charge in [0, 0.05) is 24.0 Å². The van der Waals surface area contributed by atoms with Gasteiger partial charge in [-0.1, -0.05) is 66.4 Å². The summed E-state index contributed by atoms with van der Waals surface area (Å²) in [5.74, 6) is 1.10. The maximum absolute atomic E-state index is 12.7. The van der Waals surface area contributed by atoms with Crippen molar-refractivity contribution in [2.45, 2.75) is 37.0 Å². The number of hydrogen-bond donors (Lipinski definition) is 1. The van der Waals surface area contributed by atoms with Gasteiger partial charge in [-0.05, 0) is 48.6 Å². The minimum atomic E-state index is -0.0739. The Hall–Kier alpha value is -3.45. The maximum Gasteiger partial charge on any atom is 0.230 e. The molecule has 1 aliphatic rings. The van der Waals surface area contributed by atoms with Crippen LogP contribution in [0.4, 0.5) is 0 Å². The number of nitrogens with zero attached hydrogens (tertiary/aromatic N) is 4. The van der Waals surface area contributed by atoms with Crippen LogP contribution in [0.1, 0.15) is 37.4 Å². The number of pyridine rings is 1. The minimum Gasteiger partial charge on any atom is -0.349 e. The van der Waals surface area contributed by atoms with Gasteiger partial charge in [-0.3, -0.25) is 14.3 Å². The molecule has 1 aliphatic carbocycles. The molecule has 166 valence electrons. The van der Waals surface area contributed by atoms with E-state index in [4.69, 9.17) is 0 Å². The summed E-state index contributed by atoms with van der Waals surface area (Å²) in [6.45, 7) is 2.01. The van der Waals surface area contributed by atoms with Crippen molar-refractivity contribution < 1.29 is 4.79 Å². The Morgan fingerprint density at radius 2 is 1.73 bits per heavy atom. The van der Waals surface area contributed by atoms with E-state index in [0.29, 0.717) is 11.8 Å². The molecule has 4 aromatic rings. The van der Waals surface area contributed by atoms with Crippen LogP contribution in [-0.4, -0.2) is 31.4 Å². The van der Waals surface area contributed by atoms with Crippen LogP contribution in [0.3, 0.4) is 0 Å². The number of thioether (sulfide) groups is 1. The van der Waals surface area contributed by atoms with Crippen LogP contribution in [0.25, 0.3) is 22.5 Å². The zero-order valence-corrected chi connectivity index (χ0v) is 19.2. The van der Waals surface area contributed by atoms with Crippen molar-refractivity contribution >= 4 is 17.7 Å². The summed E-state index contributed by atoms with van der Waals surface area (Å²) in [4.78, 5) is 16.9. The summed E-state index contributed by atoms with van der Waals surface area (Å²) in [5.41, 5.74) is 4.37. The fourth-order valence-corrected chi connectivity index (χ4v) is 4.64. The van der Waals surface area contributed by atoms with Crippen LogP contribution in [0, 0.1) is 0 Å². The molecule has 0 radical (unpaired) electrons. The van der Waals surface area contributed by atoms with Crippen molar-refractivity contribution in [1.29, 1.82) is 0 Å². The molecular weight excluding hydrogens is 430 g/mol. The van der Waals surface area contributed by atoms with Crippen LogP contribution in [0.15, 0.2) is 84.3 Å². The molecule has 5 rings (SSSR count). The fraction of sp³-hybridized carbons (Fsp3) is 0.231. The van der Waals surface area contributed by atoms with Gasteiger partial charge in [-0.2, -0.15) is 0 Å². The lowest BCUT2D eigenvalue weighted by Gasteiger charge is -2.15. The van der Waals surface area contributed by atoms with Crippen molar-refractivity contribution in [2.24, 2.45) is 0 Å². The molecule has 33 heavy (non-hydrogen) atoms. The second kappa shape index (κ2) is 9.58. The zero-order chi connectivity index (χ0) is 22.6. The predicted molar refractivity (Wildman–Crippen MR) is 131 cm³/mol. The Balaban J connectivity index is 1.21. The molecule has 1 saturated carbocycles. The van der Waals surface area contributed by atoms with Crippen molar-refractivity contribution in [3.8, 4) is 22.5 Å². The lowest BCUT2D eigenvalue weighted by atomic mass is 10.0. The Morgan fingerprint density at radius 3 is 2.42 bits per heavy atom. The molecule has 0 aliphatic heterocycles. The molecule has 1 N–H and O–H groups in total. The molecule has 7 heteroatoms. The van der Waals surface area contributed by atoms with Crippen LogP contribution in [-0.2, 0) is 4.79 Å². The maximum atomic E-state index is 12.7. The first kappa shape index (κ1) is 21.4. The normalized spacial score (nSPS) is 14.1. The molecule has 1 atom stereocenters. The van der Waals surface area contributed by atoms with E-state index in [-0.39, 0.29) is 11.9 Å². The second-order valence-corrected chi connectivity index (χ2v) is 9.16. The van der Waals surface area contributed by atoms with Gasteiger partial charge < -0.3 is 5.32 Å². The number of rotatable bonds is 8.